The molecule has 0 aliphatic carbocycles. The molecule has 2 unspecified atom stereocenters. The molecular formula is C21H30N6. The van der Waals surface area contributed by atoms with E-state index in [0.29, 0.717) is 12.0 Å². The number of nitrogens with zero attached hydrogens (tertiary/aromatic N) is 6. The minimum atomic E-state index is 0.369. The van der Waals surface area contributed by atoms with Gasteiger partial charge >= 0.3 is 0 Å². The lowest BCUT2D eigenvalue weighted by atomic mass is 9.99. The lowest BCUT2D eigenvalue weighted by Gasteiger charge is -2.33. The molecule has 0 saturated carbocycles. The van der Waals surface area contributed by atoms with Crippen molar-refractivity contribution in [2.45, 2.75) is 32.9 Å². The molecule has 4 heterocycles. The topological polar surface area (TPSA) is 48.4 Å². The number of hydrogen-bond donors (Lipinski definition) is 0. The number of aromatic nitrogens is 3. The second kappa shape index (κ2) is 7.90. The number of rotatable bonds is 4. The van der Waals surface area contributed by atoms with Crippen LogP contribution in [0.1, 0.15) is 36.6 Å². The van der Waals surface area contributed by atoms with Crippen LogP contribution in [0.15, 0.2) is 30.5 Å². The summed E-state index contributed by atoms with van der Waals surface area (Å²) in [7, 11) is 2.18. The van der Waals surface area contributed by atoms with Crippen molar-refractivity contribution in [3.05, 3.63) is 47.7 Å². The Morgan fingerprint density at radius 1 is 1.07 bits per heavy atom. The molecular weight excluding hydrogens is 336 g/mol. The minimum Gasteiger partial charge on any atom is -0.354 e. The van der Waals surface area contributed by atoms with Gasteiger partial charge in [0.05, 0.1) is 17.4 Å². The van der Waals surface area contributed by atoms with Gasteiger partial charge in [0.15, 0.2) is 0 Å². The number of hydrogen-bond acceptors (Lipinski definition) is 6. The fraction of sp³-hybridized carbons (Fsp3) is 0.571. The Labute approximate surface area is 162 Å². The molecule has 0 aromatic carbocycles. The third kappa shape index (κ3) is 4.12. The van der Waals surface area contributed by atoms with Gasteiger partial charge in [-0.15, -0.1) is 0 Å². The third-order valence-corrected chi connectivity index (χ3v) is 5.86. The first-order valence-corrected chi connectivity index (χ1v) is 10.0. The molecule has 27 heavy (non-hydrogen) atoms. The van der Waals surface area contributed by atoms with Crippen LogP contribution in [0, 0.1) is 12.8 Å². The highest BCUT2D eigenvalue weighted by Crippen LogP contribution is 2.36. The normalized spacial score (nSPS) is 24.5. The Hall–Kier alpha value is -2.05. The lowest BCUT2D eigenvalue weighted by molar-refractivity contribution is 0.218. The van der Waals surface area contributed by atoms with E-state index in [1.807, 2.05) is 19.2 Å². The Morgan fingerprint density at radius 2 is 1.89 bits per heavy atom. The van der Waals surface area contributed by atoms with Crippen molar-refractivity contribution in [3.8, 4) is 0 Å². The van der Waals surface area contributed by atoms with Gasteiger partial charge < -0.3 is 9.80 Å². The standard InChI is InChI=1S/C21H30N6/c1-16-7-9-27(21(16)19-6-4-5-8-22-19)15-18-14-20(24-17(2)23-18)26-12-10-25(3)11-13-26/h4-6,8,14,16,21H,7,9-13,15H2,1-3H3. The summed E-state index contributed by atoms with van der Waals surface area (Å²) >= 11 is 0. The van der Waals surface area contributed by atoms with Gasteiger partial charge in [-0.1, -0.05) is 13.0 Å². The summed E-state index contributed by atoms with van der Waals surface area (Å²) in [6.45, 7) is 10.5. The summed E-state index contributed by atoms with van der Waals surface area (Å²) in [4.78, 5) is 21.4. The van der Waals surface area contributed by atoms with Gasteiger partial charge in [0.25, 0.3) is 0 Å². The van der Waals surface area contributed by atoms with Gasteiger partial charge in [-0.05, 0) is 45.0 Å². The van der Waals surface area contributed by atoms with Gasteiger partial charge in [-0.25, -0.2) is 9.97 Å². The van der Waals surface area contributed by atoms with Crippen LogP contribution in [0.2, 0.25) is 0 Å². The van der Waals surface area contributed by atoms with E-state index in [-0.39, 0.29) is 0 Å². The molecule has 0 radical (unpaired) electrons. The van der Waals surface area contributed by atoms with Crippen LogP contribution in [0.25, 0.3) is 0 Å². The average molecular weight is 367 g/mol. The minimum absolute atomic E-state index is 0.369. The van der Waals surface area contributed by atoms with E-state index in [0.717, 1.165) is 56.6 Å². The maximum atomic E-state index is 4.75. The Bertz CT molecular complexity index is 757. The molecule has 2 aromatic heterocycles. The first-order valence-electron chi connectivity index (χ1n) is 10.0. The van der Waals surface area contributed by atoms with Crippen LogP contribution >= 0.6 is 0 Å². The SMILES string of the molecule is Cc1nc(CN2CCC(C)C2c2ccccn2)cc(N2CCN(C)CC2)n1. The van der Waals surface area contributed by atoms with Crippen molar-refractivity contribution in [1.29, 1.82) is 0 Å². The number of aryl methyl sites for hydroxylation is 1. The highest BCUT2D eigenvalue weighted by atomic mass is 15.3. The molecule has 2 fully saturated rings. The van der Waals surface area contributed by atoms with Crippen molar-refractivity contribution in [3.63, 3.8) is 0 Å². The maximum Gasteiger partial charge on any atom is 0.132 e. The summed E-state index contributed by atoms with van der Waals surface area (Å²) in [5, 5.41) is 0. The van der Waals surface area contributed by atoms with Crippen molar-refractivity contribution in [2.24, 2.45) is 5.92 Å². The van der Waals surface area contributed by atoms with E-state index >= 15 is 0 Å². The van der Waals surface area contributed by atoms with Gasteiger partial charge in [-0.2, -0.15) is 0 Å². The van der Waals surface area contributed by atoms with E-state index in [4.69, 9.17) is 9.97 Å². The van der Waals surface area contributed by atoms with Crippen molar-refractivity contribution in [1.82, 2.24) is 24.8 Å². The van der Waals surface area contributed by atoms with Crippen LogP contribution in [0.5, 0.6) is 0 Å². The Kier molecular flexibility index (Phi) is 5.36. The van der Waals surface area contributed by atoms with Gasteiger partial charge in [-0.3, -0.25) is 9.88 Å². The molecule has 0 bridgehead atoms. The monoisotopic (exact) mass is 366 g/mol. The van der Waals surface area contributed by atoms with Crippen LogP contribution < -0.4 is 4.90 Å². The van der Waals surface area contributed by atoms with E-state index in [9.17, 15) is 0 Å². The zero-order valence-corrected chi connectivity index (χ0v) is 16.7. The lowest BCUT2D eigenvalue weighted by Crippen LogP contribution is -2.45. The zero-order valence-electron chi connectivity index (χ0n) is 16.7. The first-order chi connectivity index (χ1) is 13.1. The Balaban J connectivity index is 1.53. The molecule has 2 aliphatic heterocycles. The number of likely N-dealkylation sites (tertiary alicyclic amines) is 1. The Morgan fingerprint density at radius 3 is 2.63 bits per heavy atom. The van der Waals surface area contributed by atoms with Gasteiger partial charge in [0.1, 0.15) is 11.6 Å². The fourth-order valence-electron chi connectivity index (χ4n) is 4.33. The zero-order chi connectivity index (χ0) is 18.8. The highest BCUT2D eigenvalue weighted by molar-refractivity contribution is 5.40. The predicted molar refractivity (Wildman–Crippen MR) is 108 cm³/mol. The van der Waals surface area contributed by atoms with E-state index < -0.39 is 0 Å². The summed E-state index contributed by atoms with van der Waals surface area (Å²) in [6, 6.07) is 8.79. The van der Waals surface area contributed by atoms with E-state index in [1.165, 1.54) is 12.1 Å². The summed E-state index contributed by atoms with van der Waals surface area (Å²) in [5.74, 6) is 2.55. The van der Waals surface area contributed by atoms with Crippen molar-refractivity contribution in [2.75, 3.05) is 44.7 Å². The van der Waals surface area contributed by atoms with Crippen LogP contribution in [0.4, 0.5) is 5.82 Å². The quantitative estimate of drug-likeness (QED) is 0.829. The average Bonchev–Trinajstić information content (AvgIpc) is 3.02. The molecule has 2 aromatic rings. The number of pyridine rings is 1. The van der Waals surface area contributed by atoms with Crippen LogP contribution in [-0.2, 0) is 6.54 Å². The molecule has 0 amide bonds. The predicted octanol–water partition coefficient (Wildman–Crippen LogP) is 2.51. The van der Waals surface area contributed by atoms with Crippen molar-refractivity contribution >= 4 is 5.82 Å². The second-order valence-corrected chi connectivity index (χ2v) is 7.99. The fourth-order valence-corrected chi connectivity index (χ4v) is 4.33. The smallest absolute Gasteiger partial charge is 0.132 e. The largest absolute Gasteiger partial charge is 0.354 e. The summed E-state index contributed by atoms with van der Waals surface area (Å²) < 4.78 is 0. The summed E-state index contributed by atoms with van der Waals surface area (Å²) in [6.07, 6.45) is 3.11. The third-order valence-electron chi connectivity index (χ3n) is 5.86. The van der Waals surface area contributed by atoms with E-state index in [1.54, 1.807) is 0 Å². The van der Waals surface area contributed by atoms with Crippen molar-refractivity contribution < 1.29 is 0 Å². The first kappa shape index (κ1) is 18.3. The molecule has 2 aliphatic rings. The maximum absolute atomic E-state index is 4.75. The van der Waals surface area contributed by atoms with Crippen LogP contribution in [0.3, 0.4) is 0 Å². The van der Waals surface area contributed by atoms with Crippen LogP contribution in [-0.4, -0.2) is 64.5 Å². The number of likely N-dealkylation sites (N-methyl/N-ethyl adjacent to an activating group) is 1. The molecule has 2 saturated heterocycles. The molecule has 144 valence electrons. The summed E-state index contributed by atoms with van der Waals surface area (Å²) in [5.41, 5.74) is 2.29. The van der Waals surface area contributed by atoms with Gasteiger partial charge in [0, 0.05) is 45.0 Å². The number of anilines is 1. The highest BCUT2D eigenvalue weighted by Gasteiger charge is 2.33. The second-order valence-electron chi connectivity index (χ2n) is 7.99. The molecule has 6 heteroatoms. The molecule has 0 N–H and O–H groups in total. The molecule has 6 nitrogen and oxygen atoms in total. The molecule has 0 spiro atoms. The number of piperazine rings is 1. The molecule has 4 rings (SSSR count). The van der Waals surface area contributed by atoms with Gasteiger partial charge in [0.2, 0.25) is 0 Å². The molecule has 2 atom stereocenters. The van der Waals surface area contributed by atoms with E-state index in [2.05, 4.69) is 51.9 Å².